The number of nitrogens with zero attached hydrogens (tertiary/aromatic N) is 4. The molecule has 3 aromatic rings. The minimum Gasteiger partial charge on any atom is -0.293 e. The van der Waals surface area contributed by atoms with Crippen LogP contribution in [0.1, 0.15) is 12.1 Å². The monoisotopic (exact) mass is 294 g/mol. The zero-order valence-corrected chi connectivity index (χ0v) is 11.7. The summed E-state index contributed by atoms with van der Waals surface area (Å²) in [4.78, 5) is 24.4. The van der Waals surface area contributed by atoms with Crippen molar-refractivity contribution in [3.63, 3.8) is 0 Å². The third-order valence-corrected chi connectivity index (χ3v) is 2.98. The molecule has 3 heterocycles. The van der Waals surface area contributed by atoms with E-state index in [1.165, 1.54) is 0 Å². The molecular formula is C15H14N6O. The van der Waals surface area contributed by atoms with Gasteiger partial charge < -0.3 is 0 Å². The first kappa shape index (κ1) is 13.9. The van der Waals surface area contributed by atoms with Crippen molar-refractivity contribution in [2.45, 2.75) is 12.8 Å². The van der Waals surface area contributed by atoms with E-state index in [1.54, 1.807) is 12.4 Å². The maximum absolute atomic E-state index is 11.9. The maximum Gasteiger partial charge on any atom is 0.249 e. The van der Waals surface area contributed by atoms with Gasteiger partial charge in [-0.1, -0.05) is 12.1 Å². The molecule has 0 aliphatic rings. The number of rotatable bonds is 5. The molecule has 7 nitrogen and oxygen atoms in total. The molecule has 0 atom stereocenters. The number of pyridine rings is 2. The summed E-state index contributed by atoms with van der Waals surface area (Å²) in [5, 5.41) is 9.37. The van der Waals surface area contributed by atoms with Crippen molar-refractivity contribution >= 4 is 11.9 Å². The molecule has 0 aromatic carbocycles. The number of carbonyl (C=O) groups is 1. The number of aromatic amines is 1. The molecule has 0 aliphatic heterocycles. The Morgan fingerprint density at radius 3 is 2.64 bits per heavy atom. The van der Waals surface area contributed by atoms with Crippen molar-refractivity contribution in [1.29, 1.82) is 0 Å². The van der Waals surface area contributed by atoms with Crippen molar-refractivity contribution in [3.8, 4) is 11.5 Å². The smallest absolute Gasteiger partial charge is 0.249 e. The molecule has 22 heavy (non-hydrogen) atoms. The van der Waals surface area contributed by atoms with E-state index in [4.69, 9.17) is 0 Å². The molecule has 0 unspecified atom stereocenters. The molecule has 3 rings (SSSR count). The van der Waals surface area contributed by atoms with E-state index in [2.05, 4.69) is 30.5 Å². The second-order valence-electron chi connectivity index (χ2n) is 4.59. The lowest BCUT2D eigenvalue weighted by molar-refractivity contribution is -0.116. The first-order valence-electron chi connectivity index (χ1n) is 6.85. The summed E-state index contributed by atoms with van der Waals surface area (Å²) in [6.45, 7) is 0. The zero-order valence-electron chi connectivity index (χ0n) is 11.7. The first-order valence-corrected chi connectivity index (χ1v) is 6.85. The van der Waals surface area contributed by atoms with Crippen molar-refractivity contribution < 1.29 is 4.79 Å². The molecule has 0 saturated heterocycles. The van der Waals surface area contributed by atoms with Crippen molar-refractivity contribution in [3.05, 3.63) is 54.5 Å². The van der Waals surface area contributed by atoms with Crippen LogP contribution in [0.25, 0.3) is 11.5 Å². The van der Waals surface area contributed by atoms with Crippen LogP contribution in [0, 0.1) is 0 Å². The van der Waals surface area contributed by atoms with Gasteiger partial charge >= 0.3 is 0 Å². The molecular weight excluding hydrogens is 280 g/mol. The molecule has 0 aliphatic carbocycles. The average molecular weight is 294 g/mol. The van der Waals surface area contributed by atoms with Gasteiger partial charge in [0.05, 0.1) is 0 Å². The predicted octanol–water partition coefficient (Wildman–Crippen LogP) is 1.83. The summed E-state index contributed by atoms with van der Waals surface area (Å²) in [5.74, 6) is 0.601. The van der Waals surface area contributed by atoms with Gasteiger partial charge in [-0.15, -0.1) is 5.10 Å². The van der Waals surface area contributed by atoms with Gasteiger partial charge in [-0.2, -0.15) is 4.98 Å². The third-order valence-electron chi connectivity index (χ3n) is 2.98. The Morgan fingerprint density at radius 2 is 1.91 bits per heavy atom. The highest BCUT2D eigenvalue weighted by Gasteiger charge is 2.09. The second kappa shape index (κ2) is 6.57. The number of aromatic nitrogens is 5. The van der Waals surface area contributed by atoms with Crippen LogP contribution in [0.15, 0.2) is 48.8 Å². The van der Waals surface area contributed by atoms with E-state index >= 15 is 0 Å². The predicted molar refractivity (Wildman–Crippen MR) is 80.8 cm³/mol. The van der Waals surface area contributed by atoms with E-state index in [0.717, 1.165) is 5.69 Å². The second-order valence-corrected chi connectivity index (χ2v) is 4.59. The van der Waals surface area contributed by atoms with Gasteiger partial charge in [0.15, 0.2) is 5.82 Å². The lowest BCUT2D eigenvalue weighted by Crippen LogP contribution is -2.13. The van der Waals surface area contributed by atoms with Gasteiger partial charge in [0.1, 0.15) is 5.69 Å². The van der Waals surface area contributed by atoms with E-state index in [0.29, 0.717) is 24.4 Å². The highest BCUT2D eigenvalue weighted by atomic mass is 16.1. The molecule has 0 spiro atoms. The standard InChI is InChI=1S/C15H14N6O/c22-13(8-7-11-5-1-3-9-16-11)18-15-19-14(20-21-15)12-6-2-4-10-17-12/h1-6,9-10H,7-8H2,(H2,18,19,20,21,22). The summed E-state index contributed by atoms with van der Waals surface area (Å²) >= 11 is 0. The van der Waals surface area contributed by atoms with Crippen LogP contribution in [0.4, 0.5) is 5.95 Å². The Hall–Kier alpha value is -3.09. The third kappa shape index (κ3) is 3.51. The molecule has 0 saturated carbocycles. The number of aryl methyl sites for hydroxylation is 1. The Morgan fingerprint density at radius 1 is 1.09 bits per heavy atom. The van der Waals surface area contributed by atoms with Gasteiger partial charge in [0.25, 0.3) is 0 Å². The lowest BCUT2D eigenvalue weighted by Gasteiger charge is -2.00. The van der Waals surface area contributed by atoms with E-state index in [9.17, 15) is 4.79 Å². The molecule has 0 radical (unpaired) electrons. The fourth-order valence-electron chi connectivity index (χ4n) is 1.91. The average Bonchev–Trinajstić information content (AvgIpc) is 3.03. The fourth-order valence-corrected chi connectivity index (χ4v) is 1.91. The molecule has 1 amide bonds. The number of hydrogen-bond acceptors (Lipinski definition) is 5. The number of anilines is 1. The number of hydrogen-bond donors (Lipinski definition) is 2. The minimum atomic E-state index is -0.155. The van der Waals surface area contributed by atoms with E-state index < -0.39 is 0 Å². The van der Waals surface area contributed by atoms with Crippen LogP contribution in [0.3, 0.4) is 0 Å². The van der Waals surface area contributed by atoms with E-state index in [1.807, 2.05) is 36.4 Å². The minimum absolute atomic E-state index is 0.155. The fraction of sp³-hybridized carbons (Fsp3) is 0.133. The molecule has 0 bridgehead atoms. The zero-order chi connectivity index (χ0) is 15.2. The van der Waals surface area contributed by atoms with Gasteiger partial charge in [-0.25, -0.2) is 0 Å². The quantitative estimate of drug-likeness (QED) is 0.748. The SMILES string of the molecule is O=C(CCc1ccccn1)Nc1n[nH]c(-c2ccccn2)n1. The summed E-state index contributed by atoms with van der Waals surface area (Å²) in [6, 6.07) is 11.1. The molecule has 110 valence electrons. The largest absolute Gasteiger partial charge is 0.293 e. The molecule has 0 fully saturated rings. The lowest BCUT2D eigenvalue weighted by atomic mass is 10.2. The number of H-pyrrole nitrogens is 1. The Kier molecular flexibility index (Phi) is 4.15. The highest BCUT2D eigenvalue weighted by molar-refractivity contribution is 5.89. The van der Waals surface area contributed by atoms with Crippen molar-refractivity contribution in [2.75, 3.05) is 5.32 Å². The van der Waals surface area contributed by atoms with Crippen molar-refractivity contribution in [1.82, 2.24) is 25.1 Å². The summed E-state index contributed by atoms with van der Waals surface area (Å²) < 4.78 is 0. The molecule has 2 N–H and O–H groups in total. The van der Waals surface area contributed by atoms with Crippen LogP contribution in [-0.2, 0) is 11.2 Å². The van der Waals surface area contributed by atoms with Crippen molar-refractivity contribution in [2.24, 2.45) is 0 Å². The van der Waals surface area contributed by atoms with Crippen LogP contribution in [-0.4, -0.2) is 31.1 Å². The summed E-state index contributed by atoms with van der Waals surface area (Å²) in [7, 11) is 0. The van der Waals surface area contributed by atoms with E-state index in [-0.39, 0.29) is 11.9 Å². The Labute approximate surface area is 126 Å². The Balaban J connectivity index is 1.57. The van der Waals surface area contributed by atoms with Crippen LogP contribution >= 0.6 is 0 Å². The van der Waals surface area contributed by atoms with Gasteiger partial charge in [0.2, 0.25) is 11.9 Å². The van der Waals surface area contributed by atoms with Gasteiger partial charge in [-0.05, 0) is 30.7 Å². The first-order chi connectivity index (χ1) is 10.8. The van der Waals surface area contributed by atoms with Crippen LogP contribution in [0.2, 0.25) is 0 Å². The Bertz CT molecular complexity index is 741. The molecule has 3 aromatic heterocycles. The summed E-state index contributed by atoms with van der Waals surface area (Å²) in [5.41, 5.74) is 1.55. The molecule has 7 heteroatoms. The maximum atomic E-state index is 11.9. The van der Waals surface area contributed by atoms with Gasteiger partial charge in [-0.3, -0.25) is 25.2 Å². The van der Waals surface area contributed by atoms with Crippen LogP contribution in [0.5, 0.6) is 0 Å². The number of carbonyl (C=O) groups excluding carboxylic acids is 1. The van der Waals surface area contributed by atoms with Gasteiger partial charge in [0, 0.05) is 24.5 Å². The summed E-state index contributed by atoms with van der Waals surface area (Å²) in [6.07, 6.45) is 4.28. The topological polar surface area (TPSA) is 96.5 Å². The number of amides is 1. The van der Waals surface area contributed by atoms with Crippen LogP contribution < -0.4 is 5.32 Å². The number of nitrogens with one attached hydrogen (secondary N) is 2. The highest BCUT2D eigenvalue weighted by Crippen LogP contribution is 2.12. The normalized spacial score (nSPS) is 10.4.